The quantitative estimate of drug-likeness (QED) is 0.285. The first kappa shape index (κ1) is 32.5. The number of aliphatic hydroxyl groups is 2. The van der Waals surface area contributed by atoms with E-state index in [0.717, 1.165) is 33.4 Å². The van der Waals surface area contributed by atoms with Gasteiger partial charge in [-0.25, -0.2) is 9.67 Å². The Morgan fingerprint density at radius 1 is 0.947 bits per heavy atom. The molecule has 0 radical (unpaired) electrons. The van der Waals surface area contributed by atoms with Crippen LogP contribution in [-0.4, -0.2) is 35.6 Å². The standard InChI is InChI=1S/C24H23N5O2.C3H8.2C2H6/c1-24(2,31)10-9-16-11-17(21-7-3-5-18(13-25)27-21)12-22-20(16)14-26-29(22)23-8-4-6-19(15-30)28-23;1-3-2;2*1-2/h3-8,11-12,14,30-31H,13,15,25H2,1-2H3;3H2,1-2H3;2*1-2H3. The van der Waals surface area contributed by atoms with Gasteiger partial charge in [0.1, 0.15) is 5.60 Å². The second-order valence-electron chi connectivity index (χ2n) is 8.39. The molecule has 38 heavy (non-hydrogen) atoms. The van der Waals surface area contributed by atoms with E-state index in [1.165, 1.54) is 6.42 Å². The van der Waals surface area contributed by atoms with E-state index >= 15 is 0 Å². The average molecular weight is 518 g/mol. The lowest BCUT2D eigenvalue weighted by Crippen LogP contribution is -2.14. The molecule has 0 aliphatic heterocycles. The third kappa shape index (κ3) is 9.07. The zero-order chi connectivity index (χ0) is 28.7. The molecule has 0 atom stereocenters. The van der Waals surface area contributed by atoms with E-state index in [4.69, 9.17) is 5.73 Å². The molecule has 0 aliphatic carbocycles. The molecule has 4 rings (SSSR count). The van der Waals surface area contributed by atoms with Crippen LogP contribution in [0.5, 0.6) is 0 Å². The van der Waals surface area contributed by atoms with Crippen LogP contribution in [0, 0.1) is 11.8 Å². The zero-order valence-electron chi connectivity index (χ0n) is 24.1. The topological polar surface area (TPSA) is 110 Å². The number of nitrogens with zero attached hydrogens (tertiary/aromatic N) is 4. The molecule has 0 unspecified atom stereocenters. The van der Waals surface area contributed by atoms with Gasteiger partial charge in [0, 0.05) is 23.1 Å². The third-order valence-electron chi connectivity index (χ3n) is 4.67. The molecule has 3 aromatic heterocycles. The van der Waals surface area contributed by atoms with Crippen molar-refractivity contribution in [3.63, 3.8) is 0 Å². The van der Waals surface area contributed by atoms with Crippen molar-refractivity contribution < 1.29 is 10.2 Å². The Hall–Kier alpha value is -3.57. The first-order chi connectivity index (χ1) is 18.3. The molecule has 7 heteroatoms. The molecule has 3 heterocycles. The minimum absolute atomic E-state index is 0.156. The molecule has 0 amide bonds. The Morgan fingerprint density at radius 2 is 1.58 bits per heavy atom. The summed E-state index contributed by atoms with van der Waals surface area (Å²) >= 11 is 0. The van der Waals surface area contributed by atoms with Crippen molar-refractivity contribution in [3.8, 4) is 28.9 Å². The number of aromatic nitrogens is 4. The van der Waals surface area contributed by atoms with Crippen LogP contribution in [0.15, 0.2) is 54.7 Å². The Morgan fingerprint density at radius 3 is 2.18 bits per heavy atom. The van der Waals surface area contributed by atoms with Crippen LogP contribution in [0.25, 0.3) is 28.0 Å². The number of rotatable bonds is 4. The van der Waals surface area contributed by atoms with Gasteiger partial charge in [-0.05, 0) is 50.2 Å². The van der Waals surface area contributed by atoms with Crippen LogP contribution in [0.3, 0.4) is 0 Å². The minimum Gasteiger partial charge on any atom is -0.390 e. The third-order valence-corrected chi connectivity index (χ3v) is 4.67. The zero-order valence-corrected chi connectivity index (χ0v) is 24.1. The van der Waals surface area contributed by atoms with Crippen LogP contribution < -0.4 is 5.73 Å². The van der Waals surface area contributed by atoms with E-state index in [0.29, 0.717) is 18.1 Å². The summed E-state index contributed by atoms with van der Waals surface area (Å²) < 4.78 is 1.71. The summed E-state index contributed by atoms with van der Waals surface area (Å²) in [5, 5.41) is 24.9. The molecule has 7 nitrogen and oxygen atoms in total. The van der Waals surface area contributed by atoms with Gasteiger partial charge >= 0.3 is 0 Å². The Balaban J connectivity index is 0.000000944. The second-order valence-corrected chi connectivity index (χ2v) is 8.39. The summed E-state index contributed by atoms with van der Waals surface area (Å²) in [5.74, 6) is 6.55. The van der Waals surface area contributed by atoms with E-state index in [-0.39, 0.29) is 6.61 Å². The molecule has 4 N–H and O–H groups in total. The lowest BCUT2D eigenvalue weighted by molar-refractivity contribution is 0.143. The van der Waals surface area contributed by atoms with Crippen molar-refractivity contribution in [1.82, 2.24) is 19.7 Å². The van der Waals surface area contributed by atoms with E-state index < -0.39 is 5.60 Å². The van der Waals surface area contributed by atoms with Gasteiger partial charge in [0.2, 0.25) is 0 Å². The van der Waals surface area contributed by atoms with Crippen molar-refractivity contribution in [2.45, 2.75) is 80.6 Å². The largest absolute Gasteiger partial charge is 0.390 e. The molecule has 204 valence electrons. The summed E-state index contributed by atoms with van der Waals surface area (Å²) in [6, 6.07) is 15.0. The summed E-state index contributed by atoms with van der Waals surface area (Å²) in [7, 11) is 0. The van der Waals surface area contributed by atoms with Crippen LogP contribution >= 0.6 is 0 Å². The Labute approximate surface area is 227 Å². The highest BCUT2D eigenvalue weighted by atomic mass is 16.3. The van der Waals surface area contributed by atoms with Gasteiger partial charge in [0.25, 0.3) is 0 Å². The molecular formula is C31H43N5O2. The van der Waals surface area contributed by atoms with Crippen molar-refractivity contribution in [2.75, 3.05) is 0 Å². The van der Waals surface area contributed by atoms with Crippen LogP contribution in [0.4, 0.5) is 0 Å². The fraction of sp³-hybridized carbons (Fsp3) is 0.387. The van der Waals surface area contributed by atoms with Crippen LogP contribution in [0.1, 0.15) is 78.8 Å². The van der Waals surface area contributed by atoms with Crippen molar-refractivity contribution in [3.05, 3.63) is 71.7 Å². The monoisotopic (exact) mass is 517 g/mol. The molecule has 0 saturated carbocycles. The Kier molecular flexibility index (Phi) is 13.9. The molecule has 1 aromatic carbocycles. The number of benzene rings is 1. The molecule has 0 fully saturated rings. The highest BCUT2D eigenvalue weighted by Crippen LogP contribution is 2.28. The molecule has 0 spiro atoms. The first-order valence-electron chi connectivity index (χ1n) is 13.3. The molecular weight excluding hydrogens is 474 g/mol. The van der Waals surface area contributed by atoms with E-state index in [2.05, 4.69) is 40.8 Å². The molecule has 0 bridgehead atoms. The van der Waals surface area contributed by atoms with Gasteiger partial charge in [0.05, 0.1) is 35.4 Å². The van der Waals surface area contributed by atoms with E-state index in [1.807, 2.05) is 70.2 Å². The fourth-order valence-electron chi connectivity index (χ4n) is 3.21. The average Bonchev–Trinajstić information content (AvgIpc) is 3.38. The normalized spacial score (nSPS) is 10.1. The van der Waals surface area contributed by atoms with E-state index in [1.54, 1.807) is 30.8 Å². The van der Waals surface area contributed by atoms with Crippen LogP contribution in [-0.2, 0) is 13.2 Å². The van der Waals surface area contributed by atoms with Gasteiger partial charge in [-0.1, -0.05) is 71.9 Å². The lowest BCUT2D eigenvalue weighted by atomic mass is 10.0. The summed E-state index contributed by atoms with van der Waals surface area (Å²) in [4.78, 5) is 9.10. The minimum atomic E-state index is -1.13. The van der Waals surface area contributed by atoms with Gasteiger partial charge in [-0.3, -0.25) is 4.98 Å². The van der Waals surface area contributed by atoms with Crippen LogP contribution in [0.2, 0.25) is 0 Å². The van der Waals surface area contributed by atoms with Gasteiger partial charge < -0.3 is 15.9 Å². The maximum absolute atomic E-state index is 10.1. The highest BCUT2D eigenvalue weighted by molar-refractivity contribution is 5.90. The molecule has 4 aromatic rings. The first-order valence-corrected chi connectivity index (χ1v) is 13.3. The summed E-state index contributed by atoms with van der Waals surface area (Å²) in [6.07, 6.45) is 2.98. The maximum Gasteiger partial charge on any atom is 0.154 e. The summed E-state index contributed by atoms with van der Waals surface area (Å²) in [5.41, 5.74) is 9.10. The second kappa shape index (κ2) is 16.3. The summed E-state index contributed by atoms with van der Waals surface area (Å²) in [6.45, 7) is 15.7. The SMILES string of the molecule is CC.CC.CC(C)(O)C#Cc1cc(-c2cccc(CN)n2)cc2c1cnn2-c1cccc(CO)n1.CCC. The predicted molar refractivity (Wildman–Crippen MR) is 158 cm³/mol. The van der Waals surface area contributed by atoms with Gasteiger partial charge in [-0.2, -0.15) is 5.10 Å². The van der Waals surface area contributed by atoms with E-state index in [9.17, 15) is 10.2 Å². The Bertz CT molecular complexity index is 1330. The number of pyridine rings is 2. The number of fused-ring (bicyclic) bond motifs is 1. The lowest BCUT2D eigenvalue weighted by Gasteiger charge is -2.09. The number of nitrogens with two attached hydrogens (primary N) is 1. The smallest absolute Gasteiger partial charge is 0.154 e. The van der Waals surface area contributed by atoms with Gasteiger partial charge in [-0.15, -0.1) is 0 Å². The number of hydrogen-bond acceptors (Lipinski definition) is 6. The highest BCUT2D eigenvalue weighted by Gasteiger charge is 2.14. The fourth-order valence-corrected chi connectivity index (χ4v) is 3.21. The van der Waals surface area contributed by atoms with Crippen molar-refractivity contribution >= 4 is 10.9 Å². The predicted octanol–water partition coefficient (Wildman–Crippen LogP) is 6.02. The molecule has 0 aliphatic rings. The maximum atomic E-state index is 10.1. The molecule has 0 saturated heterocycles. The van der Waals surface area contributed by atoms with Gasteiger partial charge in [0.15, 0.2) is 5.82 Å². The van der Waals surface area contributed by atoms with Crippen molar-refractivity contribution in [1.29, 1.82) is 0 Å². The van der Waals surface area contributed by atoms with Crippen molar-refractivity contribution in [2.24, 2.45) is 5.73 Å². The number of aliphatic hydroxyl groups excluding tert-OH is 1. The number of hydrogen-bond donors (Lipinski definition) is 3.